The largest absolute Gasteiger partial charge is 0.489 e. The number of aryl methyl sites for hydroxylation is 1. The molecule has 0 amide bonds. The maximum atomic E-state index is 5.56. The fourth-order valence-corrected chi connectivity index (χ4v) is 2.91. The van der Waals surface area contributed by atoms with Crippen LogP contribution in [0.5, 0.6) is 5.75 Å². The van der Waals surface area contributed by atoms with Gasteiger partial charge in [0.25, 0.3) is 0 Å². The Hall–Kier alpha value is -2.33. The molecule has 0 radical (unpaired) electrons. The topological polar surface area (TPSA) is 33.3 Å². The van der Waals surface area contributed by atoms with Crippen molar-refractivity contribution in [3.8, 4) is 5.75 Å². The number of thiocarbonyl (C=S) groups is 1. The quantitative estimate of drug-likeness (QED) is 0.526. The van der Waals surface area contributed by atoms with E-state index < -0.39 is 0 Å². The second kappa shape index (κ2) is 9.23. The summed E-state index contributed by atoms with van der Waals surface area (Å²) in [7, 11) is 0. The third kappa shape index (κ3) is 5.61. The Labute approximate surface area is 156 Å². The van der Waals surface area contributed by atoms with E-state index in [4.69, 9.17) is 17.0 Å². The Bertz CT molecular complexity index is 727. The third-order valence-corrected chi connectivity index (χ3v) is 4.16. The lowest BCUT2D eigenvalue weighted by atomic mass is 9.93. The van der Waals surface area contributed by atoms with Crippen molar-refractivity contribution in [3.63, 3.8) is 0 Å². The average molecular weight is 355 g/mol. The minimum absolute atomic E-state index is 0.154. The zero-order chi connectivity index (χ0) is 18.2. The molecule has 1 atom stereocenters. The van der Waals surface area contributed by atoms with Gasteiger partial charge in [0.1, 0.15) is 12.4 Å². The van der Waals surface area contributed by atoms with Gasteiger partial charge in [-0.25, -0.2) is 0 Å². The molecule has 3 nitrogen and oxygen atoms in total. The maximum absolute atomic E-state index is 5.56. The van der Waals surface area contributed by atoms with Crippen molar-refractivity contribution in [1.29, 1.82) is 0 Å². The van der Waals surface area contributed by atoms with Crippen LogP contribution >= 0.6 is 12.2 Å². The molecule has 0 aromatic heterocycles. The molecule has 2 aromatic carbocycles. The summed E-state index contributed by atoms with van der Waals surface area (Å²) in [6.45, 7) is 10.7. The first-order valence-electron chi connectivity index (χ1n) is 8.48. The minimum Gasteiger partial charge on any atom is -0.489 e. The van der Waals surface area contributed by atoms with E-state index >= 15 is 0 Å². The molecule has 0 saturated carbocycles. The summed E-state index contributed by atoms with van der Waals surface area (Å²) in [6, 6.07) is 16.3. The molecular formula is C21H26N2OS. The Kier molecular flexibility index (Phi) is 7.02. The first kappa shape index (κ1) is 19.0. The number of hydrogen-bond donors (Lipinski definition) is 2. The molecule has 0 spiro atoms. The molecule has 2 aromatic rings. The molecule has 4 heteroatoms. The lowest BCUT2D eigenvalue weighted by Gasteiger charge is -2.26. The van der Waals surface area contributed by atoms with E-state index in [1.54, 1.807) is 6.08 Å². The molecule has 25 heavy (non-hydrogen) atoms. The maximum Gasteiger partial charge on any atom is 0.171 e. The van der Waals surface area contributed by atoms with E-state index in [2.05, 4.69) is 62.2 Å². The normalized spacial score (nSPS) is 11.7. The number of benzene rings is 2. The van der Waals surface area contributed by atoms with Crippen LogP contribution < -0.4 is 15.4 Å². The second-order valence-electron chi connectivity index (χ2n) is 6.30. The van der Waals surface area contributed by atoms with Crippen LogP contribution in [0, 0.1) is 12.8 Å². The van der Waals surface area contributed by atoms with Gasteiger partial charge >= 0.3 is 0 Å². The molecule has 0 fully saturated rings. The van der Waals surface area contributed by atoms with Gasteiger partial charge in [0.2, 0.25) is 0 Å². The summed E-state index contributed by atoms with van der Waals surface area (Å²) in [6.07, 6.45) is 1.72. The molecule has 132 valence electrons. The van der Waals surface area contributed by atoms with E-state index in [9.17, 15) is 0 Å². The van der Waals surface area contributed by atoms with E-state index in [0.717, 1.165) is 11.4 Å². The van der Waals surface area contributed by atoms with Crippen LogP contribution in [0.2, 0.25) is 0 Å². The highest BCUT2D eigenvalue weighted by atomic mass is 32.1. The molecule has 0 bridgehead atoms. The molecule has 0 saturated heterocycles. The highest BCUT2D eigenvalue weighted by molar-refractivity contribution is 7.80. The van der Waals surface area contributed by atoms with Crippen LogP contribution in [0.4, 0.5) is 5.69 Å². The summed E-state index contributed by atoms with van der Waals surface area (Å²) < 4.78 is 5.56. The molecule has 0 aliphatic heterocycles. The zero-order valence-electron chi connectivity index (χ0n) is 15.1. The minimum atomic E-state index is 0.154. The second-order valence-corrected chi connectivity index (χ2v) is 6.71. The number of ether oxygens (including phenoxy) is 1. The first-order chi connectivity index (χ1) is 12.0. The Morgan fingerprint density at radius 1 is 1.20 bits per heavy atom. The Morgan fingerprint density at radius 3 is 2.64 bits per heavy atom. The van der Waals surface area contributed by atoms with Gasteiger partial charge in [-0.15, -0.1) is 0 Å². The standard InChI is InChI=1S/C21H26N2OS/c1-5-13-24-18-11-8-10-17(14-18)22-21(25)23-20(15(2)3)19-12-7-6-9-16(19)4/h5-12,14-15,20H,1,13H2,2-4H3,(H2,22,23,25)/t20-/m1/s1. The van der Waals surface area contributed by atoms with Crippen molar-refractivity contribution in [1.82, 2.24) is 5.32 Å². The van der Waals surface area contributed by atoms with Crippen molar-refractivity contribution in [2.75, 3.05) is 11.9 Å². The van der Waals surface area contributed by atoms with Crippen LogP contribution in [0.15, 0.2) is 61.2 Å². The Balaban J connectivity index is 2.07. The summed E-state index contributed by atoms with van der Waals surface area (Å²) in [5.41, 5.74) is 3.42. The van der Waals surface area contributed by atoms with Crippen LogP contribution in [0.25, 0.3) is 0 Å². The molecule has 0 heterocycles. The van der Waals surface area contributed by atoms with Crippen LogP contribution in [-0.4, -0.2) is 11.7 Å². The van der Waals surface area contributed by atoms with Crippen molar-refractivity contribution >= 4 is 23.0 Å². The lowest BCUT2D eigenvalue weighted by molar-refractivity contribution is 0.363. The van der Waals surface area contributed by atoms with Gasteiger partial charge in [-0.05, 0) is 48.3 Å². The molecular weight excluding hydrogens is 328 g/mol. The number of anilines is 1. The van der Waals surface area contributed by atoms with E-state index in [1.165, 1.54) is 11.1 Å². The number of nitrogens with one attached hydrogen (secondary N) is 2. The lowest BCUT2D eigenvalue weighted by Crippen LogP contribution is -2.35. The first-order valence-corrected chi connectivity index (χ1v) is 8.89. The van der Waals surface area contributed by atoms with Crippen molar-refractivity contribution < 1.29 is 4.74 Å². The van der Waals surface area contributed by atoms with E-state index in [1.807, 2.05) is 24.3 Å². The highest BCUT2D eigenvalue weighted by Crippen LogP contribution is 2.25. The van der Waals surface area contributed by atoms with Gasteiger partial charge in [0.15, 0.2) is 5.11 Å². The highest BCUT2D eigenvalue weighted by Gasteiger charge is 2.18. The molecule has 0 aliphatic rings. The van der Waals surface area contributed by atoms with E-state index in [-0.39, 0.29) is 6.04 Å². The summed E-state index contributed by atoms with van der Waals surface area (Å²) in [5.74, 6) is 1.19. The monoisotopic (exact) mass is 354 g/mol. The fourth-order valence-electron chi connectivity index (χ4n) is 2.67. The van der Waals surface area contributed by atoms with Gasteiger partial charge in [-0.1, -0.05) is 56.8 Å². The fraction of sp³-hybridized carbons (Fsp3) is 0.286. The SMILES string of the molecule is C=CCOc1cccc(NC(=S)N[C@@H](c2ccccc2C)C(C)C)c1. The predicted molar refractivity (Wildman–Crippen MR) is 110 cm³/mol. The van der Waals surface area contributed by atoms with Crippen molar-refractivity contribution in [2.24, 2.45) is 5.92 Å². The summed E-state index contributed by atoms with van der Waals surface area (Å²) >= 11 is 5.53. The van der Waals surface area contributed by atoms with Crippen LogP contribution in [-0.2, 0) is 0 Å². The van der Waals surface area contributed by atoms with E-state index in [0.29, 0.717) is 17.6 Å². The van der Waals surface area contributed by atoms with Crippen LogP contribution in [0.3, 0.4) is 0 Å². The summed E-state index contributed by atoms with van der Waals surface area (Å²) in [5, 5.41) is 7.30. The number of hydrogen-bond acceptors (Lipinski definition) is 2. The smallest absolute Gasteiger partial charge is 0.171 e. The van der Waals surface area contributed by atoms with Gasteiger partial charge < -0.3 is 15.4 Å². The molecule has 2 N–H and O–H groups in total. The molecule has 0 aliphatic carbocycles. The predicted octanol–water partition coefficient (Wildman–Crippen LogP) is 5.24. The van der Waals surface area contributed by atoms with Crippen molar-refractivity contribution in [3.05, 3.63) is 72.3 Å². The van der Waals surface area contributed by atoms with Gasteiger partial charge in [-0.3, -0.25) is 0 Å². The van der Waals surface area contributed by atoms with Gasteiger partial charge in [0.05, 0.1) is 6.04 Å². The van der Waals surface area contributed by atoms with Crippen LogP contribution in [0.1, 0.15) is 31.0 Å². The Morgan fingerprint density at radius 2 is 1.96 bits per heavy atom. The zero-order valence-corrected chi connectivity index (χ0v) is 15.9. The molecule has 2 rings (SSSR count). The average Bonchev–Trinajstić information content (AvgIpc) is 2.59. The summed E-state index contributed by atoms with van der Waals surface area (Å²) in [4.78, 5) is 0. The van der Waals surface area contributed by atoms with Crippen molar-refractivity contribution in [2.45, 2.75) is 26.8 Å². The third-order valence-electron chi connectivity index (χ3n) is 3.94. The number of rotatable bonds is 7. The van der Waals surface area contributed by atoms with Gasteiger partial charge in [0, 0.05) is 11.8 Å². The van der Waals surface area contributed by atoms with Gasteiger partial charge in [-0.2, -0.15) is 0 Å². The molecule has 0 unspecified atom stereocenters.